The van der Waals surface area contributed by atoms with Gasteiger partial charge in [0, 0.05) is 11.9 Å². The minimum Gasteiger partial charge on any atom is -0.396 e. The lowest BCUT2D eigenvalue weighted by Crippen LogP contribution is -2.07. The number of nitrogens with two attached hydrogens (primary N) is 1. The Hall–Kier alpha value is -1.03. The summed E-state index contributed by atoms with van der Waals surface area (Å²) < 4.78 is 0. The summed E-state index contributed by atoms with van der Waals surface area (Å²) in [5.74, 6) is 0. The van der Waals surface area contributed by atoms with Crippen LogP contribution in [0, 0.1) is 0 Å². The highest BCUT2D eigenvalue weighted by atomic mass is 35.5. The van der Waals surface area contributed by atoms with E-state index in [1.54, 1.807) is 6.07 Å². The average molecular weight is 256 g/mol. The Balaban J connectivity index is 2.71. The van der Waals surface area contributed by atoms with Crippen molar-refractivity contribution in [2.24, 2.45) is 0 Å². The second-order valence-corrected chi connectivity index (χ2v) is 4.30. The number of fused-ring (bicyclic) bond motifs is 1. The van der Waals surface area contributed by atoms with Crippen LogP contribution in [0.5, 0.6) is 0 Å². The molecule has 2 aromatic rings. The van der Waals surface area contributed by atoms with E-state index < -0.39 is 0 Å². The lowest BCUT2D eigenvalue weighted by molar-refractivity contribution is 0.796. The summed E-state index contributed by atoms with van der Waals surface area (Å²) in [5.41, 5.74) is 7.91. The van der Waals surface area contributed by atoms with Crippen molar-refractivity contribution in [3.63, 3.8) is 0 Å². The van der Waals surface area contributed by atoms with Gasteiger partial charge in [-0.15, -0.1) is 0 Å². The molecule has 0 unspecified atom stereocenters. The largest absolute Gasteiger partial charge is 0.396 e. The van der Waals surface area contributed by atoms with Crippen LogP contribution in [0.1, 0.15) is 5.69 Å². The summed E-state index contributed by atoms with van der Waals surface area (Å²) in [6, 6.07) is 5.46. The van der Waals surface area contributed by atoms with Gasteiger partial charge in [0.25, 0.3) is 0 Å². The molecule has 1 aromatic carbocycles. The van der Waals surface area contributed by atoms with Crippen molar-refractivity contribution in [1.29, 1.82) is 0 Å². The fourth-order valence-electron chi connectivity index (χ4n) is 1.56. The van der Waals surface area contributed by atoms with Gasteiger partial charge in [0.2, 0.25) is 0 Å². The van der Waals surface area contributed by atoms with Gasteiger partial charge in [-0.25, -0.2) is 4.98 Å². The molecule has 0 aliphatic heterocycles. The Bertz CT molecular complexity index is 540. The number of nitrogen functional groups attached to an aromatic ring is 1. The SMILES string of the molecule is CNCc1ccc2c(Cl)cc(Cl)c(N)c2n1. The van der Waals surface area contributed by atoms with Crippen LogP contribution in [-0.2, 0) is 6.54 Å². The minimum atomic E-state index is 0.437. The molecule has 2 rings (SSSR count). The van der Waals surface area contributed by atoms with Crippen LogP contribution in [0.3, 0.4) is 0 Å². The van der Waals surface area contributed by atoms with E-state index in [1.807, 2.05) is 19.2 Å². The van der Waals surface area contributed by atoms with Crippen molar-refractivity contribution in [1.82, 2.24) is 10.3 Å². The third kappa shape index (κ3) is 1.94. The smallest absolute Gasteiger partial charge is 0.0965 e. The fourth-order valence-corrected chi connectivity index (χ4v) is 2.07. The number of aromatic nitrogens is 1. The molecule has 0 saturated heterocycles. The summed E-state index contributed by atoms with van der Waals surface area (Å²) in [5, 5.41) is 4.85. The van der Waals surface area contributed by atoms with Crippen molar-refractivity contribution in [2.75, 3.05) is 12.8 Å². The number of benzene rings is 1. The first-order valence-corrected chi connectivity index (χ1v) is 5.56. The summed E-state index contributed by atoms with van der Waals surface area (Å²) in [6.07, 6.45) is 0. The number of nitrogens with zero attached hydrogens (tertiary/aromatic N) is 1. The van der Waals surface area contributed by atoms with Crippen LogP contribution in [0.15, 0.2) is 18.2 Å². The zero-order valence-electron chi connectivity index (χ0n) is 8.72. The lowest BCUT2D eigenvalue weighted by atomic mass is 10.1. The summed E-state index contributed by atoms with van der Waals surface area (Å²) in [4.78, 5) is 4.43. The van der Waals surface area contributed by atoms with Gasteiger partial charge < -0.3 is 11.1 Å². The molecule has 0 spiro atoms. The molecule has 0 aliphatic carbocycles. The average Bonchev–Trinajstić information content (AvgIpc) is 2.26. The molecule has 84 valence electrons. The molecule has 0 bridgehead atoms. The highest BCUT2D eigenvalue weighted by molar-refractivity contribution is 6.40. The van der Waals surface area contributed by atoms with E-state index in [4.69, 9.17) is 28.9 Å². The van der Waals surface area contributed by atoms with E-state index in [9.17, 15) is 0 Å². The zero-order chi connectivity index (χ0) is 11.7. The van der Waals surface area contributed by atoms with Gasteiger partial charge in [-0.1, -0.05) is 23.2 Å². The molecule has 16 heavy (non-hydrogen) atoms. The minimum absolute atomic E-state index is 0.437. The monoisotopic (exact) mass is 255 g/mol. The molecule has 0 saturated carbocycles. The molecule has 0 aliphatic rings. The van der Waals surface area contributed by atoms with Crippen LogP contribution in [0.4, 0.5) is 5.69 Å². The second-order valence-electron chi connectivity index (χ2n) is 3.48. The molecule has 0 amide bonds. The third-order valence-electron chi connectivity index (χ3n) is 2.33. The second kappa shape index (κ2) is 4.45. The zero-order valence-corrected chi connectivity index (χ0v) is 10.2. The van der Waals surface area contributed by atoms with E-state index in [2.05, 4.69) is 10.3 Å². The van der Waals surface area contributed by atoms with E-state index >= 15 is 0 Å². The highest BCUT2D eigenvalue weighted by Gasteiger charge is 2.09. The summed E-state index contributed by atoms with van der Waals surface area (Å²) in [7, 11) is 1.86. The number of rotatable bonds is 2. The quantitative estimate of drug-likeness (QED) is 0.812. The number of nitrogens with one attached hydrogen (secondary N) is 1. The fraction of sp³-hybridized carbons (Fsp3) is 0.182. The summed E-state index contributed by atoms with van der Waals surface area (Å²) in [6.45, 7) is 0.680. The number of hydrogen-bond acceptors (Lipinski definition) is 3. The highest BCUT2D eigenvalue weighted by Crippen LogP contribution is 2.33. The Labute approximate surface area is 104 Å². The lowest BCUT2D eigenvalue weighted by Gasteiger charge is -2.07. The standard InChI is InChI=1S/C11H11Cl2N3/c1-15-5-6-2-3-7-8(12)4-9(13)10(14)11(7)16-6/h2-4,15H,5,14H2,1H3. The number of halogens is 2. The molecule has 1 aromatic heterocycles. The third-order valence-corrected chi connectivity index (χ3v) is 2.96. The van der Waals surface area contributed by atoms with Crippen molar-refractivity contribution in [3.05, 3.63) is 33.9 Å². The van der Waals surface area contributed by atoms with E-state index in [0.717, 1.165) is 11.1 Å². The maximum absolute atomic E-state index is 6.07. The predicted octanol–water partition coefficient (Wildman–Crippen LogP) is 2.84. The molecule has 5 heteroatoms. The van der Waals surface area contributed by atoms with E-state index in [1.165, 1.54) is 0 Å². The Morgan fingerprint density at radius 2 is 2.06 bits per heavy atom. The van der Waals surface area contributed by atoms with Crippen LogP contribution in [-0.4, -0.2) is 12.0 Å². The van der Waals surface area contributed by atoms with E-state index in [-0.39, 0.29) is 0 Å². The Morgan fingerprint density at radius 1 is 1.31 bits per heavy atom. The maximum Gasteiger partial charge on any atom is 0.0965 e. The molecule has 0 atom stereocenters. The first-order valence-electron chi connectivity index (χ1n) is 4.81. The first kappa shape index (κ1) is 11.5. The van der Waals surface area contributed by atoms with Gasteiger partial charge in [-0.3, -0.25) is 0 Å². The predicted molar refractivity (Wildman–Crippen MR) is 68.9 cm³/mol. The first-order chi connectivity index (χ1) is 7.63. The number of hydrogen-bond donors (Lipinski definition) is 2. The van der Waals surface area contributed by atoms with Crippen LogP contribution in [0.25, 0.3) is 10.9 Å². The molecule has 3 N–H and O–H groups in total. The Morgan fingerprint density at radius 3 is 2.75 bits per heavy atom. The van der Waals surface area contributed by atoms with Gasteiger partial charge in [-0.05, 0) is 25.2 Å². The van der Waals surface area contributed by atoms with Crippen LogP contribution in [0.2, 0.25) is 10.0 Å². The maximum atomic E-state index is 6.07. The molecular weight excluding hydrogens is 245 g/mol. The van der Waals surface area contributed by atoms with Gasteiger partial charge in [0.1, 0.15) is 0 Å². The molecule has 1 heterocycles. The summed E-state index contributed by atoms with van der Waals surface area (Å²) >= 11 is 12.0. The van der Waals surface area contributed by atoms with Crippen LogP contribution >= 0.6 is 23.2 Å². The normalized spacial score (nSPS) is 10.9. The Kier molecular flexibility index (Phi) is 3.19. The van der Waals surface area contributed by atoms with Gasteiger partial charge in [-0.2, -0.15) is 0 Å². The van der Waals surface area contributed by atoms with Crippen molar-refractivity contribution in [2.45, 2.75) is 6.54 Å². The van der Waals surface area contributed by atoms with Gasteiger partial charge in [0.05, 0.1) is 26.9 Å². The topological polar surface area (TPSA) is 50.9 Å². The van der Waals surface area contributed by atoms with Gasteiger partial charge >= 0.3 is 0 Å². The van der Waals surface area contributed by atoms with Crippen molar-refractivity contribution >= 4 is 39.8 Å². The number of anilines is 1. The van der Waals surface area contributed by atoms with E-state index in [0.29, 0.717) is 27.8 Å². The molecule has 0 radical (unpaired) electrons. The van der Waals surface area contributed by atoms with Crippen molar-refractivity contribution < 1.29 is 0 Å². The van der Waals surface area contributed by atoms with Gasteiger partial charge in [0.15, 0.2) is 0 Å². The van der Waals surface area contributed by atoms with Crippen molar-refractivity contribution in [3.8, 4) is 0 Å². The molecule has 3 nitrogen and oxygen atoms in total. The van der Waals surface area contributed by atoms with Crippen LogP contribution < -0.4 is 11.1 Å². The molecule has 0 fully saturated rings. The molecular formula is C11H11Cl2N3. The number of pyridine rings is 1.